The first kappa shape index (κ1) is 17.1. The first-order valence-electron chi connectivity index (χ1n) is 8.63. The molecule has 0 N–H and O–H groups in total. The first-order chi connectivity index (χ1) is 10.4. The maximum atomic E-state index is 2.46. The Balaban J connectivity index is 1.46. The van der Waals surface area contributed by atoms with Crippen molar-refractivity contribution in [3.05, 3.63) is 24.3 Å². The molecule has 1 aromatic rings. The summed E-state index contributed by atoms with van der Waals surface area (Å²) in [5.41, 5.74) is 1.42. The monoisotopic (exact) mass is 323 g/mol. The Morgan fingerprint density at radius 2 is 1.43 bits per heavy atom. The molecular weight excluding hydrogens is 294 g/mol. The minimum atomic E-state index is 1.20. The Hall–Kier alpha value is -0.280. The third kappa shape index (κ3) is 6.15. The Labute approximate surface area is 138 Å². The van der Waals surface area contributed by atoms with Gasteiger partial charge in [-0.25, -0.2) is 0 Å². The van der Waals surface area contributed by atoms with Gasteiger partial charge in [0.25, 0.3) is 0 Å². The van der Waals surface area contributed by atoms with Crippen LogP contribution in [0.3, 0.4) is 0 Å². The topological polar surface area (TPSA) is 3.24 Å². The summed E-state index contributed by atoms with van der Waals surface area (Å²) in [5, 5.41) is 0. The number of unbranched alkanes of at least 4 members (excludes halogenated alkanes) is 9. The molecule has 0 bridgehead atoms. The van der Waals surface area contributed by atoms with Crippen molar-refractivity contribution >= 4 is 27.5 Å². The molecule has 1 aromatic carbocycles. The molecule has 3 heteroatoms. The fourth-order valence-electron chi connectivity index (χ4n) is 2.76. The van der Waals surface area contributed by atoms with E-state index in [0.29, 0.717) is 0 Å². The van der Waals surface area contributed by atoms with Crippen LogP contribution in [0.5, 0.6) is 0 Å². The van der Waals surface area contributed by atoms with Crippen molar-refractivity contribution in [3.63, 3.8) is 0 Å². The van der Waals surface area contributed by atoms with Crippen LogP contribution < -0.4 is 4.31 Å². The van der Waals surface area contributed by atoms with E-state index >= 15 is 0 Å². The van der Waals surface area contributed by atoms with Crippen LogP contribution in [0.2, 0.25) is 0 Å². The lowest BCUT2D eigenvalue weighted by Crippen LogP contribution is -2.11. The molecule has 0 amide bonds. The second-order valence-corrected chi connectivity index (χ2v) is 8.05. The van der Waals surface area contributed by atoms with Gasteiger partial charge in [-0.1, -0.05) is 76.8 Å². The Kier molecular flexibility index (Phi) is 8.50. The molecule has 0 radical (unpaired) electrons. The van der Waals surface area contributed by atoms with E-state index in [0.717, 1.165) is 0 Å². The molecule has 0 spiro atoms. The largest absolute Gasteiger partial charge is 0.306 e. The van der Waals surface area contributed by atoms with Crippen molar-refractivity contribution in [2.45, 2.75) is 76.0 Å². The molecule has 1 aliphatic rings. The number of nitrogens with zero attached hydrogens (tertiary/aromatic N) is 1. The van der Waals surface area contributed by atoms with Crippen molar-refractivity contribution in [2.75, 3.05) is 10.8 Å². The minimum absolute atomic E-state index is 1.20. The number of benzene rings is 1. The lowest BCUT2D eigenvalue weighted by Gasteiger charge is -2.16. The Morgan fingerprint density at radius 1 is 0.810 bits per heavy atom. The number of anilines is 1. The molecule has 21 heavy (non-hydrogen) atoms. The van der Waals surface area contributed by atoms with Crippen molar-refractivity contribution in [1.29, 1.82) is 0 Å². The van der Waals surface area contributed by atoms with Crippen molar-refractivity contribution in [3.8, 4) is 0 Å². The maximum absolute atomic E-state index is 2.46. The highest BCUT2D eigenvalue weighted by Gasteiger charge is 2.19. The summed E-state index contributed by atoms with van der Waals surface area (Å²) < 4.78 is 2.46. The molecule has 0 unspecified atom stereocenters. The molecule has 1 nitrogen and oxygen atoms in total. The number of para-hydroxylation sites is 1. The standard InChI is InChI=1S/C18H29NS2/c1-2-3-4-5-6-7-8-9-10-13-16-19-17-14-11-12-15-18(17)20-21-19/h11-12,14-15H,2-10,13,16H2,1H3. The van der Waals surface area contributed by atoms with Crippen LogP contribution in [-0.4, -0.2) is 6.54 Å². The highest BCUT2D eigenvalue weighted by Crippen LogP contribution is 2.49. The molecule has 0 atom stereocenters. The fraction of sp³-hybridized carbons (Fsp3) is 0.667. The lowest BCUT2D eigenvalue weighted by molar-refractivity contribution is 0.558. The number of rotatable bonds is 11. The third-order valence-corrected chi connectivity index (χ3v) is 6.53. The van der Waals surface area contributed by atoms with Crippen LogP contribution >= 0.6 is 21.8 Å². The maximum Gasteiger partial charge on any atom is 0.0623 e. The van der Waals surface area contributed by atoms with E-state index in [2.05, 4.69) is 35.5 Å². The molecule has 1 heterocycles. The summed E-state index contributed by atoms with van der Waals surface area (Å²) in [6.07, 6.45) is 14.1. The number of fused-ring (bicyclic) bond motifs is 1. The quantitative estimate of drug-likeness (QED) is 0.243. The van der Waals surface area contributed by atoms with Crippen molar-refractivity contribution in [1.82, 2.24) is 0 Å². The Bertz CT molecular complexity index is 395. The van der Waals surface area contributed by atoms with E-state index in [4.69, 9.17) is 0 Å². The zero-order chi connectivity index (χ0) is 14.8. The van der Waals surface area contributed by atoms with E-state index in [1.54, 1.807) is 0 Å². The molecule has 118 valence electrons. The molecule has 2 rings (SSSR count). The highest BCUT2D eigenvalue weighted by molar-refractivity contribution is 8.77. The van der Waals surface area contributed by atoms with Crippen LogP contribution in [0.15, 0.2) is 29.2 Å². The zero-order valence-corrected chi connectivity index (χ0v) is 15.0. The van der Waals surface area contributed by atoms with E-state index in [1.807, 2.05) is 21.8 Å². The van der Waals surface area contributed by atoms with Crippen molar-refractivity contribution in [2.24, 2.45) is 0 Å². The summed E-state index contributed by atoms with van der Waals surface area (Å²) in [6, 6.07) is 8.76. The van der Waals surface area contributed by atoms with Gasteiger partial charge in [-0.2, -0.15) is 0 Å². The van der Waals surface area contributed by atoms with E-state index < -0.39 is 0 Å². The van der Waals surface area contributed by atoms with Gasteiger partial charge in [0.15, 0.2) is 0 Å². The predicted molar refractivity (Wildman–Crippen MR) is 99.1 cm³/mol. The molecular formula is C18H29NS2. The minimum Gasteiger partial charge on any atom is -0.306 e. The van der Waals surface area contributed by atoms with E-state index in [9.17, 15) is 0 Å². The van der Waals surface area contributed by atoms with Gasteiger partial charge in [0.1, 0.15) is 0 Å². The van der Waals surface area contributed by atoms with Gasteiger partial charge in [0.2, 0.25) is 0 Å². The van der Waals surface area contributed by atoms with Gasteiger partial charge >= 0.3 is 0 Å². The summed E-state index contributed by atoms with van der Waals surface area (Å²) >= 11 is 0. The molecule has 0 fully saturated rings. The molecule has 0 saturated heterocycles. The Morgan fingerprint density at radius 3 is 2.14 bits per heavy atom. The lowest BCUT2D eigenvalue weighted by atomic mass is 10.1. The summed E-state index contributed by atoms with van der Waals surface area (Å²) in [7, 11) is 3.80. The average Bonchev–Trinajstić information content (AvgIpc) is 2.92. The molecule has 0 aromatic heterocycles. The first-order valence-corrected chi connectivity index (χ1v) is 10.7. The van der Waals surface area contributed by atoms with Gasteiger partial charge in [0, 0.05) is 22.4 Å². The van der Waals surface area contributed by atoms with Crippen LogP contribution in [-0.2, 0) is 0 Å². The van der Waals surface area contributed by atoms with Gasteiger partial charge in [0.05, 0.1) is 5.69 Å². The molecule has 0 aliphatic carbocycles. The SMILES string of the molecule is CCCCCCCCCCCCN1SSc2ccccc21. The summed E-state index contributed by atoms with van der Waals surface area (Å²) in [4.78, 5) is 1.43. The van der Waals surface area contributed by atoms with Gasteiger partial charge < -0.3 is 4.31 Å². The van der Waals surface area contributed by atoms with Gasteiger partial charge in [-0.15, -0.1) is 0 Å². The smallest absolute Gasteiger partial charge is 0.0623 e. The van der Waals surface area contributed by atoms with Crippen LogP contribution in [0.1, 0.15) is 71.1 Å². The van der Waals surface area contributed by atoms with Crippen LogP contribution in [0.4, 0.5) is 5.69 Å². The van der Waals surface area contributed by atoms with E-state index in [-0.39, 0.29) is 0 Å². The van der Waals surface area contributed by atoms with Gasteiger partial charge in [-0.05, 0) is 29.3 Å². The van der Waals surface area contributed by atoms with Crippen LogP contribution in [0.25, 0.3) is 0 Å². The molecule has 0 saturated carbocycles. The van der Waals surface area contributed by atoms with E-state index in [1.165, 1.54) is 81.3 Å². The third-order valence-electron chi connectivity index (χ3n) is 4.07. The average molecular weight is 324 g/mol. The predicted octanol–water partition coefficient (Wildman–Crippen LogP) is 7.08. The number of hydrogen-bond donors (Lipinski definition) is 0. The second kappa shape index (κ2) is 10.4. The van der Waals surface area contributed by atoms with Crippen molar-refractivity contribution < 1.29 is 0 Å². The molecule has 1 aliphatic heterocycles. The fourth-order valence-corrected chi connectivity index (χ4v) is 5.23. The second-order valence-electron chi connectivity index (χ2n) is 5.91. The van der Waals surface area contributed by atoms with Gasteiger partial charge in [-0.3, -0.25) is 0 Å². The zero-order valence-electron chi connectivity index (χ0n) is 13.4. The number of hydrogen-bond acceptors (Lipinski definition) is 3. The summed E-state index contributed by atoms with van der Waals surface area (Å²) in [6.45, 7) is 3.49. The normalized spacial score (nSPS) is 13.7. The highest BCUT2D eigenvalue weighted by atomic mass is 33.1. The van der Waals surface area contributed by atoms with Crippen LogP contribution in [0, 0.1) is 0 Å². The summed E-state index contributed by atoms with van der Waals surface area (Å²) in [5.74, 6) is 0.